The molecule has 0 unspecified atom stereocenters. The average Bonchev–Trinajstić information content (AvgIpc) is 2.41. The zero-order valence-corrected chi connectivity index (χ0v) is 12.7. The average molecular weight is 268 g/mol. The summed E-state index contributed by atoms with van der Waals surface area (Å²) in [6.07, 6.45) is 0. The molecule has 2 rings (SSSR count). The third kappa shape index (κ3) is 9.83. The predicted molar refractivity (Wildman–Crippen MR) is 101 cm³/mol. The van der Waals surface area contributed by atoms with E-state index in [0.29, 0.717) is 0 Å². The van der Waals surface area contributed by atoms with Gasteiger partial charge in [0.25, 0.3) is 0 Å². The molecule has 2 aromatic rings. The Morgan fingerprint density at radius 3 is 1.19 bits per heavy atom. The van der Waals surface area contributed by atoms with Crippen LogP contribution in [0.1, 0.15) is 0 Å². The van der Waals surface area contributed by atoms with E-state index in [9.17, 15) is 0 Å². The molecule has 0 fully saturated rings. The van der Waals surface area contributed by atoms with E-state index < -0.39 is 0 Å². The standard InChI is InChI=1S/C12H12N2.CH3B3.CH3B2/c13-11-5-1-9(2-6-11)10-3-7-12(14)8-4-10;1-4(2)3;1-3-2/h1-8H,13-14H2;1H3;1H3. The molecule has 0 atom stereocenters. The molecule has 0 aliphatic carbocycles. The van der Waals surface area contributed by atoms with Gasteiger partial charge in [0.2, 0.25) is 0 Å². The minimum atomic E-state index is -0.167. The van der Waals surface area contributed by atoms with E-state index in [1.54, 1.807) is 13.6 Å². The molecule has 0 saturated heterocycles. The number of hydrogen-bond acceptors (Lipinski definition) is 2. The fourth-order valence-corrected chi connectivity index (χ4v) is 1.35. The highest BCUT2D eigenvalue weighted by Gasteiger charge is 1.95. The van der Waals surface area contributed by atoms with Crippen LogP contribution in [0.4, 0.5) is 11.4 Å². The van der Waals surface area contributed by atoms with Crippen LogP contribution in [0.2, 0.25) is 13.6 Å². The van der Waals surface area contributed by atoms with Gasteiger partial charge in [-0.1, -0.05) is 24.3 Å². The van der Waals surface area contributed by atoms with Crippen LogP contribution in [-0.4, -0.2) is 36.9 Å². The molecule has 0 aliphatic rings. The lowest BCUT2D eigenvalue weighted by molar-refractivity contribution is 1.61. The Bertz CT molecular complexity index is 439. The van der Waals surface area contributed by atoms with Gasteiger partial charge in [-0.25, -0.2) is 0 Å². The van der Waals surface area contributed by atoms with Crippen molar-refractivity contribution in [3.63, 3.8) is 0 Å². The molecule has 0 saturated carbocycles. The fraction of sp³-hybridized carbons (Fsp3) is 0.143. The van der Waals surface area contributed by atoms with Crippen molar-refractivity contribution in [2.75, 3.05) is 11.5 Å². The summed E-state index contributed by atoms with van der Waals surface area (Å²) < 4.78 is 0. The second-order valence-corrected chi connectivity index (χ2v) is 4.44. The summed E-state index contributed by atoms with van der Waals surface area (Å²) in [5.41, 5.74) is 15.1. The monoisotopic (exact) mass is 269 g/mol. The van der Waals surface area contributed by atoms with Crippen molar-refractivity contribution < 1.29 is 0 Å². The second-order valence-electron chi connectivity index (χ2n) is 4.44. The van der Waals surface area contributed by atoms with Crippen LogP contribution >= 0.6 is 0 Å². The topological polar surface area (TPSA) is 52.0 Å². The molecule has 4 N–H and O–H groups in total. The SMILES string of the molecule is Nc1ccc(-c2ccc(N)cc2)cc1.[B]B([B])C.[B][B]C. The van der Waals surface area contributed by atoms with E-state index >= 15 is 0 Å². The maximum absolute atomic E-state index is 5.61. The molecule has 99 valence electrons. The lowest BCUT2D eigenvalue weighted by atomic mass is 9.21. The van der Waals surface area contributed by atoms with Crippen LogP contribution in [0.5, 0.6) is 0 Å². The minimum absolute atomic E-state index is 0.167. The Balaban J connectivity index is 0.000000486. The lowest BCUT2D eigenvalue weighted by Gasteiger charge is -2.02. The van der Waals surface area contributed by atoms with Crippen molar-refractivity contribution in [1.29, 1.82) is 0 Å². The Morgan fingerprint density at radius 1 is 0.810 bits per heavy atom. The van der Waals surface area contributed by atoms with E-state index in [4.69, 9.17) is 34.7 Å². The molecule has 0 spiro atoms. The van der Waals surface area contributed by atoms with Gasteiger partial charge < -0.3 is 11.5 Å². The first-order chi connectivity index (χ1) is 9.90. The summed E-state index contributed by atoms with van der Waals surface area (Å²) >= 11 is 0. The molecule has 7 radical (unpaired) electrons. The van der Waals surface area contributed by atoms with Crippen LogP contribution in [-0.2, 0) is 0 Å². The highest BCUT2D eigenvalue weighted by molar-refractivity contribution is 7.28. The molecule has 0 amide bonds. The van der Waals surface area contributed by atoms with Crippen molar-refractivity contribution >= 4 is 48.3 Å². The van der Waals surface area contributed by atoms with Gasteiger partial charge in [0.05, 0.1) is 7.17 Å². The first-order valence-corrected chi connectivity index (χ1v) is 6.62. The fourth-order valence-electron chi connectivity index (χ4n) is 1.35. The van der Waals surface area contributed by atoms with E-state index in [0.717, 1.165) is 22.5 Å². The molecular formula is C14H18B5N2. The van der Waals surface area contributed by atoms with Crippen LogP contribution in [0, 0.1) is 0 Å². The molecule has 7 heteroatoms. The molecule has 2 nitrogen and oxygen atoms in total. The third-order valence-corrected chi connectivity index (χ3v) is 2.15. The normalized spacial score (nSPS) is 8.48. The molecule has 0 aromatic heterocycles. The summed E-state index contributed by atoms with van der Waals surface area (Å²) in [5.74, 6) is 0. The van der Waals surface area contributed by atoms with Gasteiger partial charge >= 0.3 is 0 Å². The van der Waals surface area contributed by atoms with E-state index in [2.05, 4.69) is 0 Å². The van der Waals surface area contributed by atoms with Gasteiger partial charge in [0, 0.05) is 41.1 Å². The molecule has 0 aliphatic heterocycles. The number of hydrogen-bond donors (Lipinski definition) is 2. The highest BCUT2D eigenvalue weighted by Crippen LogP contribution is 2.21. The van der Waals surface area contributed by atoms with Crippen LogP contribution in [0.15, 0.2) is 48.5 Å². The summed E-state index contributed by atoms with van der Waals surface area (Å²) in [4.78, 5) is 0. The first kappa shape index (κ1) is 19.4. The predicted octanol–water partition coefficient (Wildman–Crippen LogP) is 1.78. The maximum Gasteiger partial charge on any atom is 0.0502 e. The van der Waals surface area contributed by atoms with E-state index in [1.807, 2.05) is 48.5 Å². The van der Waals surface area contributed by atoms with Crippen molar-refractivity contribution in [3.8, 4) is 11.1 Å². The van der Waals surface area contributed by atoms with Gasteiger partial charge in [-0.15, -0.1) is 13.6 Å². The van der Waals surface area contributed by atoms with Gasteiger partial charge in [-0.3, -0.25) is 0 Å². The number of benzene rings is 2. The van der Waals surface area contributed by atoms with Gasteiger partial charge in [-0.2, -0.15) is 0 Å². The van der Waals surface area contributed by atoms with E-state index in [-0.39, 0.29) is 6.49 Å². The van der Waals surface area contributed by atoms with Crippen molar-refractivity contribution in [1.82, 2.24) is 0 Å². The summed E-state index contributed by atoms with van der Waals surface area (Å²) in [5, 5.41) is 0. The molecule has 21 heavy (non-hydrogen) atoms. The van der Waals surface area contributed by atoms with Gasteiger partial charge in [0.1, 0.15) is 0 Å². The van der Waals surface area contributed by atoms with Gasteiger partial charge in [0.15, 0.2) is 0 Å². The molecule has 0 heterocycles. The van der Waals surface area contributed by atoms with E-state index in [1.165, 1.54) is 7.17 Å². The molecular weight excluding hydrogens is 250 g/mol. The number of nitrogens with two attached hydrogens (primary N) is 2. The van der Waals surface area contributed by atoms with Crippen molar-refractivity contribution in [3.05, 3.63) is 48.5 Å². The molecule has 2 aromatic carbocycles. The number of anilines is 2. The minimum Gasteiger partial charge on any atom is -0.399 e. The smallest absolute Gasteiger partial charge is 0.0502 e. The van der Waals surface area contributed by atoms with Crippen LogP contribution < -0.4 is 11.5 Å². The quantitative estimate of drug-likeness (QED) is 0.612. The number of rotatable bonds is 1. The summed E-state index contributed by atoms with van der Waals surface area (Å²) in [6.45, 7) is 3.33. The summed E-state index contributed by atoms with van der Waals surface area (Å²) in [6, 6.07) is 15.6. The maximum atomic E-state index is 5.61. The Hall–Kier alpha value is -1.64. The van der Waals surface area contributed by atoms with Crippen LogP contribution in [0.25, 0.3) is 11.1 Å². The Morgan fingerprint density at radius 2 is 1.00 bits per heavy atom. The Kier molecular flexibility index (Phi) is 10.2. The zero-order chi connectivity index (χ0) is 16.3. The van der Waals surface area contributed by atoms with Crippen LogP contribution in [0.3, 0.4) is 0 Å². The highest BCUT2D eigenvalue weighted by atomic mass is 14.5. The zero-order valence-electron chi connectivity index (χ0n) is 12.7. The third-order valence-electron chi connectivity index (χ3n) is 2.15. The van der Waals surface area contributed by atoms with Crippen molar-refractivity contribution in [2.45, 2.75) is 13.6 Å². The largest absolute Gasteiger partial charge is 0.399 e. The molecule has 0 bridgehead atoms. The van der Waals surface area contributed by atoms with Crippen molar-refractivity contribution in [2.24, 2.45) is 0 Å². The number of nitrogen functional groups attached to an aromatic ring is 2. The second kappa shape index (κ2) is 11.1. The van der Waals surface area contributed by atoms with Gasteiger partial charge in [-0.05, 0) is 35.4 Å². The first-order valence-electron chi connectivity index (χ1n) is 6.62. The Labute approximate surface area is 133 Å². The summed E-state index contributed by atoms with van der Waals surface area (Å²) in [7, 11) is 16.0. The lowest BCUT2D eigenvalue weighted by Crippen LogP contribution is -2.03.